The molecule has 0 aliphatic heterocycles. The van der Waals surface area contributed by atoms with Crippen LogP contribution < -0.4 is 0 Å². The quantitative estimate of drug-likeness (QED) is 0.301. The van der Waals surface area contributed by atoms with Gasteiger partial charge in [0.15, 0.2) is 11.6 Å². The Kier molecular flexibility index (Phi) is 8.61. The van der Waals surface area contributed by atoms with Crippen LogP contribution in [0.1, 0.15) is 93.4 Å². The molecule has 0 heterocycles. The summed E-state index contributed by atoms with van der Waals surface area (Å²) in [6, 6.07) is 7.40. The molecule has 1 unspecified atom stereocenters. The van der Waals surface area contributed by atoms with E-state index < -0.39 is 0 Å². The number of nitrogens with zero attached hydrogens (tertiary/aromatic N) is 2. The summed E-state index contributed by atoms with van der Waals surface area (Å²) in [5, 5.41) is 21.6. The molecule has 0 amide bonds. The lowest BCUT2D eigenvalue weighted by molar-refractivity contribution is -0.118. The molecule has 0 aromatic heterocycles. The Morgan fingerprint density at radius 3 is 1.92 bits per heavy atom. The molecular weight excluding hydrogens is 464 g/mol. The molecule has 200 valence electrons. The standard InChI is InChI=1S/C31H42N2O4/c1-8-12-23(34)27-22(16-30(4,5)17-25(27)36)32-20-14-10-11-15-21(20)33-29-19(3)31(6,7)18-26(37)28(29)24(35)13-9-2/h10-11,14-15,19,34-35H,8-9,12-13,16-18H2,1-7H3. The van der Waals surface area contributed by atoms with Gasteiger partial charge in [-0.05, 0) is 42.2 Å². The molecule has 6 heteroatoms. The van der Waals surface area contributed by atoms with Crippen molar-refractivity contribution in [2.75, 3.05) is 0 Å². The summed E-state index contributed by atoms with van der Waals surface area (Å²) < 4.78 is 0. The Bertz CT molecular complexity index is 1200. The van der Waals surface area contributed by atoms with Crippen molar-refractivity contribution in [1.29, 1.82) is 0 Å². The fourth-order valence-electron chi connectivity index (χ4n) is 5.21. The van der Waals surface area contributed by atoms with E-state index >= 15 is 0 Å². The molecule has 0 bridgehead atoms. The molecule has 1 atom stereocenters. The third-order valence-electron chi connectivity index (χ3n) is 7.51. The first-order valence-corrected chi connectivity index (χ1v) is 13.5. The van der Waals surface area contributed by atoms with Crippen molar-refractivity contribution < 1.29 is 19.8 Å². The third kappa shape index (κ3) is 6.28. The molecule has 2 fully saturated rings. The first-order chi connectivity index (χ1) is 17.3. The normalized spacial score (nSPS) is 26.5. The van der Waals surface area contributed by atoms with Gasteiger partial charge >= 0.3 is 0 Å². The Balaban J connectivity index is 2.22. The van der Waals surface area contributed by atoms with Crippen LogP contribution in [0.4, 0.5) is 11.4 Å². The van der Waals surface area contributed by atoms with Crippen LogP contribution in [0.2, 0.25) is 0 Å². The second-order valence-electron chi connectivity index (χ2n) is 11.9. The number of carbonyl (C=O) groups excluding carboxylic acids is 2. The maximum absolute atomic E-state index is 13.2. The molecule has 1 aromatic rings. The van der Waals surface area contributed by atoms with Gasteiger partial charge in [0.05, 0.1) is 33.9 Å². The number of ketones is 2. The highest BCUT2D eigenvalue weighted by molar-refractivity contribution is 6.27. The van der Waals surface area contributed by atoms with Crippen molar-refractivity contribution >= 4 is 34.4 Å². The minimum Gasteiger partial charge on any atom is -0.511 e. The molecule has 37 heavy (non-hydrogen) atoms. The average Bonchev–Trinajstić information content (AvgIpc) is 2.77. The number of hydrogen-bond acceptors (Lipinski definition) is 6. The molecule has 2 saturated carbocycles. The predicted octanol–water partition coefficient (Wildman–Crippen LogP) is 8.08. The third-order valence-corrected chi connectivity index (χ3v) is 7.51. The number of aliphatic imine (C=N–C) groups is 2. The van der Waals surface area contributed by atoms with Gasteiger partial charge in [-0.25, -0.2) is 4.99 Å². The Hall–Kier alpha value is -3.02. The Morgan fingerprint density at radius 2 is 1.35 bits per heavy atom. The number of Topliss-reactive ketones (excluding diaryl/α,β-unsaturated/α-hetero) is 2. The Morgan fingerprint density at radius 1 is 0.838 bits per heavy atom. The van der Waals surface area contributed by atoms with Crippen LogP contribution in [0.5, 0.6) is 0 Å². The zero-order chi connectivity index (χ0) is 27.5. The monoisotopic (exact) mass is 506 g/mol. The summed E-state index contributed by atoms with van der Waals surface area (Å²) in [4.78, 5) is 36.1. The summed E-state index contributed by atoms with van der Waals surface area (Å²) >= 11 is 0. The number of allylic oxidation sites excluding steroid dienone is 4. The van der Waals surface area contributed by atoms with Gasteiger partial charge in [0.25, 0.3) is 0 Å². The SMILES string of the molecule is CCCC(O)=C1C(=O)CC(C)(C)CC1=Nc1ccccc1N=C1C(=C(O)CCC)C(=O)CC(C)(C)C1C. The molecule has 0 radical (unpaired) electrons. The molecule has 2 aliphatic rings. The highest BCUT2D eigenvalue weighted by Crippen LogP contribution is 2.43. The van der Waals surface area contributed by atoms with E-state index in [0.717, 1.165) is 12.8 Å². The number of benzene rings is 1. The zero-order valence-corrected chi connectivity index (χ0v) is 23.4. The van der Waals surface area contributed by atoms with Gasteiger partial charge in [0, 0.05) is 31.6 Å². The fraction of sp³-hybridized carbons (Fsp3) is 0.548. The van der Waals surface area contributed by atoms with Crippen LogP contribution in [0, 0.1) is 16.7 Å². The van der Waals surface area contributed by atoms with Crippen LogP contribution in [0.25, 0.3) is 0 Å². The lowest BCUT2D eigenvalue weighted by Crippen LogP contribution is -2.40. The fourth-order valence-corrected chi connectivity index (χ4v) is 5.21. The van der Waals surface area contributed by atoms with Gasteiger partial charge < -0.3 is 10.2 Å². The van der Waals surface area contributed by atoms with Gasteiger partial charge in [-0.3, -0.25) is 14.6 Å². The van der Waals surface area contributed by atoms with Gasteiger partial charge in [-0.15, -0.1) is 0 Å². The topological polar surface area (TPSA) is 99.3 Å². The van der Waals surface area contributed by atoms with E-state index in [1.54, 1.807) is 0 Å². The lowest BCUT2D eigenvalue weighted by Gasteiger charge is -2.38. The highest BCUT2D eigenvalue weighted by Gasteiger charge is 2.42. The van der Waals surface area contributed by atoms with E-state index in [2.05, 4.69) is 0 Å². The van der Waals surface area contributed by atoms with Crippen LogP contribution in [0.15, 0.2) is 56.9 Å². The number of carbonyl (C=O) groups is 2. The number of aliphatic hydroxyl groups is 2. The Labute approximate surface area is 221 Å². The number of hydrogen-bond donors (Lipinski definition) is 2. The molecule has 2 N–H and O–H groups in total. The van der Waals surface area contributed by atoms with E-state index in [9.17, 15) is 19.8 Å². The van der Waals surface area contributed by atoms with E-state index in [-0.39, 0.29) is 39.8 Å². The van der Waals surface area contributed by atoms with Crippen molar-refractivity contribution in [3.8, 4) is 0 Å². The summed E-state index contributed by atoms with van der Waals surface area (Å²) in [6.07, 6.45) is 3.54. The molecular formula is C31H42N2O4. The van der Waals surface area contributed by atoms with E-state index in [4.69, 9.17) is 9.98 Å². The van der Waals surface area contributed by atoms with Gasteiger partial charge in [0.2, 0.25) is 0 Å². The van der Waals surface area contributed by atoms with Gasteiger partial charge in [-0.2, -0.15) is 0 Å². The molecule has 0 spiro atoms. The smallest absolute Gasteiger partial charge is 0.168 e. The van der Waals surface area contributed by atoms with Crippen molar-refractivity contribution in [2.24, 2.45) is 26.7 Å². The maximum Gasteiger partial charge on any atom is 0.168 e. The first kappa shape index (κ1) is 28.5. The second kappa shape index (κ2) is 11.2. The molecule has 6 nitrogen and oxygen atoms in total. The lowest BCUT2D eigenvalue weighted by atomic mass is 9.66. The summed E-state index contributed by atoms with van der Waals surface area (Å²) in [5.41, 5.74) is 2.33. The van der Waals surface area contributed by atoms with E-state index in [1.165, 1.54) is 0 Å². The molecule has 1 aromatic carbocycles. The maximum atomic E-state index is 13.2. The minimum atomic E-state index is -0.311. The molecule has 3 rings (SSSR count). The second-order valence-corrected chi connectivity index (χ2v) is 11.9. The van der Waals surface area contributed by atoms with Crippen molar-refractivity contribution in [1.82, 2.24) is 0 Å². The van der Waals surface area contributed by atoms with E-state index in [1.807, 2.05) is 72.7 Å². The van der Waals surface area contributed by atoms with E-state index in [0.29, 0.717) is 66.0 Å². The van der Waals surface area contributed by atoms with Crippen molar-refractivity contribution in [2.45, 2.75) is 93.4 Å². The van der Waals surface area contributed by atoms with Crippen LogP contribution in [-0.4, -0.2) is 33.2 Å². The van der Waals surface area contributed by atoms with Crippen LogP contribution in [-0.2, 0) is 9.59 Å². The summed E-state index contributed by atoms with van der Waals surface area (Å²) in [6.45, 7) is 14.1. The van der Waals surface area contributed by atoms with Gasteiger partial charge in [0.1, 0.15) is 11.5 Å². The highest BCUT2D eigenvalue weighted by atomic mass is 16.3. The van der Waals surface area contributed by atoms with Crippen molar-refractivity contribution in [3.63, 3.8) is 0 Å². The van der Waals surface area contributed by atoms with Crippen LogP contribution in [0.3, 0.4) is 0 Å². The first-order valence-electron chi connectivity index (χ1n) is 13.5. The number of rotatable bonds is 6. The predicted molar refractivity (Wildman–Crippen MR) is 150 cm³/mol. The molecule has 2 aliphatic carbocycles. The average molecular weight is 507 g/mol. The van der Waals surface area contributed by atoms with Gasteiger partial charge in [-0.1, -0.05) is 60.6 Å². The largest absolute Gasteiger partial charge is 0.511 e. The number of aliphatic hydroxyl groups excluding tert-OH is 2. The van der Waals surface area contributed by atoms with Crippen LogP contribution >= 0.6 is 0 Å². The number of para-hydroxylation sites is 2. The summed E-state index contributed by atoms with van der Waals surface area (Å²) in [5.74, 6) is -0.0713. The van der Waals surface area contributed by atoms with Crippen molar-refractivity contribution in [3.05, 3.63) is 46.9 Å². The minimum absolute atomic E-state index is 0.0702. The zero-order valence-electron chi connectivity index (χ0n) is 23.4. The summed E-state index contributed by atoms with van der Waals surface area (Å²) in [7, 11) is 0. The molecule has 0 saturated heterocycles.